The lowest BCUT2D eigenvalue weighted by molar-refractivity contribution is 0.0732. The van der Waals surface area contributed by atoms with Crippen LogP contribution in [0, 0.1) is 0 Å². The number of aromatic nitrogens is 1. The summed E-state index contributed by atoms with van der Waals surface area (Å²) in [5.74, 6) is 1.15. The number of hydrogen-bond donors (Lipinski definition) is 1. The minimum Gasteiger partial charge on any atom is -0.497 e. The Kier molecular flexibility index (Phi) is 4.77. The molecule has 6 nitrogen and oxygen atoms in total. The van der Waals surface area contributed by atoms with E-state index in [2.05, 4.69) is 4.98 Å². The third kappa shape index (κ3) is 3.01. The zero-order chi connectivity index (χ0) is 19.7. The van der Waals surface area contributed by atoms with Crippen molar-refractivity contribution in [3.63, 3.8) is 0 Å². The Morgan fingerprint density at radius 2 is 1.96 bits per heavy atom. The van der Waals surface area contributed by atoms with Gasteiger partial charge in [0.25, 0.3) is 5.91 Å². The van der Waals surface area contributed by atoms with Crippen LogP contribution in [0.15, 0.2) is 53.5 Å². The first-order chi connectivity index (χ1) is 13.6. The topological polar surface area (TPSA) is 71.6 Å². The fourth-order valence-electron chi connectivity index (χ4n) is 3.91. The normalized spacial score (nSPS) is 16.4. The highest BCUT2D eigenvalue weighted by atomic mass is 16.5. The Hall–Kier alpha value is -3.28. The van der Waals surface area contributed by atoms with Crippen LogP contribution < -0.4 is 14.9 Å². The molecule has 1 atom stereocenters. The van der Waals surface area contributed by atoms with Crippen LogP contribution in [0.3, 0.4) is 0 Å². The summed E-state index contributed by atoms with van der Waals surface area (Å²) >= 11 is 0. The Morgan fingerprint density at radius 1 is 1.14 bits per heavy atom. The van der Waals surface area contributed by atoms with Gasteiger partial charge in [0.2, 0.25) is 5.43 Å². The van der Waals surface area contributed by atoms with E-state index >= 15 is 0 Å². The zero-order valence-electron chi connectivity index (χ0n) is 15.9. The van der Waals surface area contributed by atoms with Crippen LogP contribution in [-0.2, 0) is 0 Å². The van der Waals surface area contributed by atoms with E-state index in [1.165, 1.54) is 6.20 Å². The third-order valence-electron chi connectivity index (χ3n) is 5.33. The standard InChI is InChI=1S/C22H22N2O4/c1-27-14-9-10-20(28-2)16(12-14)19-8-5-11-24(19)22(26)17-13-23-18-7-4-3-6-15(18)21(17)25/h3-4,6-7,9-10,12-13,19H,5,8,11H2,1-2H3,(H,23,25). The van der Waals surface area contributed by atoms with Crippen molar-refractivity contribution in [2.45, 2.75) is 18.9 Å². The van der Waals surface area contributed by atoms with Gasteiger partial charge in [0.1, 0.15) is 17.1 Å². The fraction of sp³-hybridized carbons (Fsp3) is 0.273. The molecule has 0 bridgehead atoms. The number of nitrogens with zero attached hydrogens (tertiary/aromatic N) is 1. The van der Waals surface area contributed by atoms with Gasteiger partial charge < -0.3 is 19.4 Å². The van der Waals surface area contributed by atoms with E-state index in [-0.39, 0.29) is 22.9 Å². The van der Waals surface area contributed by atoms with E-state index in [4.69, 9.17) is 9.47 Å². The molecule has 1 saturated heterocycles. The summed E-state index contributed by atoms with van der Waals surface area (Å²) in [5.41, 5.74) is 1.52. The second-order valence-electron chi connectivity index (χ2n) is 6.84. The minimum absolute atomic E-state index is 0.160. The van der Waals surface area contributed by atoms with E-state index in [9.17, 15) is 9.59 Å². The molecule has 1 N–H and O–H groups in total. The smallest absolute Gasteiger partial charge is 0.259 e. The summed E-state index contributed by atoms with van der Waals surface area (Å²) in [6, 6.07) is 12.6. The summed E-state index contributed by atoms with van der Waals surface area (Å²) < 4.78 is 10.9. The van der Waals surface area contributed by atoms with E-state index < -0.39 is 0 Å². The molecular formula is C22H22N2O4. The van der Waals surface area contributed by atoms with Crippen LogP contribution in [0.5, 0.6) is 11.5 Å². The van der Waals surface area contributed by atoms with Crippen LogP contribution in [0.25, 0.3) is 10.9 Å². The number of ether oxygens (including phenoxy) is 2. The molecule has 0 radical (unpaired) electrons. The molecule has 0 spiro atoms. The number of nitrogens with one attached hydrogen (secondary N) is 1. The molecule has 1 fully saturated rings. The van der Waals surface area contributed by atoms with Gasteiger partial charge in [-0.2, -0.15) is 0 Å². The fourth-order valence-corrected chi connectivity index (χ4v) is 3.91. The molecule has 1 aliphatic heterocycles. The van der Waals surface area contributed by atoms with Gasteiger partial charge in [-0.1, -0.05) is 12.1 Å². The Labute approximate surface area is 162 Å². The number of hydrogen-bond acceptors (Lipinski definition) is 4. The number of benzene rings is 2. The van der Waals surface area contributed by atoms with Crippen molar-refractivity contribution >= 4 is 16.8 Å². The van der Waals surface area contributed by atoms with Crippen molar-refractivity contribution in [3.8, 4) is 11.5 Å². The van der Waals surface area contributed by atoms with Gasteiger partial charge in [-0.3, -0.25) is 9.59 Å². The number of fused-ring (bicyclic) bond motifs is 1. The van der Waals surface area contributed by atoms with Gasteiger partial charge >= 0.3 is 0 Å². The average Bonchev–Trinajstić information content (AvgIpc) is 3.23. The molecule has 144 valence electrons. The molecule has 1 amide bonds. The monoisotopic (exact) mass is 378 g/mol. The lowest BCUT2D eigenvalue weighted by Gasteiger charge is -2.26. The number of likely N-dealkylation sites (tertiary alicyclic amines) is 1. The summed E-state index contributed by atoms with van der Waals surface area (Å²) in [4.78, 5) is 31.0. The first kappa shape index (κ1) is 18.1. The Bertz CT molecular complexity index is 1090. The lowest BCUT2D eigenvalue weighted by Crippen LogP contribution is -2.34. The van der Waals surface area contributed by atoms with Gasteiger partial charge in [0, 0.05) is 29.2 Å². The zero-order valence-corrected chi connectivity index (χ0v) is 15.9. The van der Waals surface area contributed by atoms with E-state index in [0.29, 0.717) is 23.4 Å². The van der Waals surface area contributed by atoms with Crippen molar-refractivity contribution in [1.82, 2.24) is 9.88 Å². The third-order valence-corrected chi connectivity index (χ3v) is 5.33. The summed E-state index contributed by atoms with van der Waals surface area (Å²) in [6.07, 6.45) is 3.19. The maximum Gasteiger partial charge on any atom is 0.259 e. The number of carbonyl (C=O) groups excluding carboxylic acids is 1. The van der Waals surface area contributed by atoms with Crippen molar-refractivity contribution < 1.29 is 14.3 Å². The number of amides is 1. The number of pyridine rings is 1. The van der Waals surface area contributed by atoms with Crippen LogP contribution in [0.1, 0.15) is 34.8 Å². The van der Waals surface area contributed by atoms with E-state index in [0.717, 1.165) is 23.9 Å². The largest absolute Gasteiger partial charge is 0.497 e. The highest BCUT2D eigenvalue weighted by Gasteiger charge is 2.33. The number of rotatable bonds is 4. The number of methoxy groups -OCH3 is 2. The van der Waals surface area contributed by atoms with Crippen LogP contribution in [-0.4, -0.2) is 36.6 Å². The van der Waals surface area contributed by atoms with Gasteiger partial charge in [-0.25, -0.2) is 0 Å². The molecule has 6 heteroatoms. The first-order valence-corrected chi connectivity index (χ1v) is 9.27. The molecule has 4 rings (SSSR count). The molecular weight excluding hydrogens is 356 g/mol. The summed E-state index contributed by atoms with van der Waals surface area (Å²) in [5, 5.41) is 0.517. The average molecular weight is 378 g/mol. The minimum atomic E-state index is -0.264. The predicted molar refractivity (Wildman–Crippen MR) is 107 cm³/mol. The number of para-hydroxylation sites is 1. The first-order valence-electron chi connectivity index (χ1n) is 9.27. The molecule has 3 aromatic rings. The van der Waals surface area contributed by atoms with Crippen LogP contribution in [0.4, 0.5) is 0 Å². The summed E-state index contributed by atoms with van der Waals surface area (Å²) in [7, 11) is 3.22. The maximum absolute atomic E-state index is 13.3. The second kappa shape index (κ2) is 7.38. The highest BCUT2D eigenvalue weighted by molar-refractivity contribution is 5.97. The molecule has 28 heavy (non-hydrogen) atoms. The van der Waals surface area contributed by atoms with Gasteiger partial charge in [0.05, 0.1) is 20.3 Å². The number of carbonyl (C=O) groups is 1. The highest BCUT2D eigenvalue weighted by Crippen LogP contribution is 2.39. The molecule has 1 unspecified atom stereocenters. The van der Waals surface area contributed by atoms with Gasteiger partial charge in [0.15, 0.2) is 0 Å². The van der Waals surface area contributed by atoms with Crippen molar-refractivity contribution in [2.75, 3.05) is 20.8 Å². The number of aromatic amines is 1. The van der Waals surface area contributed by atoms with Crippen LogP contribution >= 0.6 is 0 Å². The molecule has 0 aliphatic carbocycles. The van der Waals surface area contributed by atoms with Gasteiger partial charge in [-0.05, 0) is 43.2 Å². The van der Waals surface area contributed by atoms with Crippen molar-refractivity contribution in [3.05, 3.63) is 70.0 Å². The summed E-state index contributed by atoms with van der Waals surface area (Å²) in [6.45, 7) is 0.593. The predicted octanol–water partition coefficient (Wildman–Crippen LogP) is 3.52. The van der Waals surface area contributed by atoms with Crippen molar-refractivity contribution in [2.24, 2.45) is 0 Å². The molecule has 0 saturated carbocycles. The quantitative estimate of drug-likeness (QED) is 0.754. The van der Waals surface area contributed by atoms with Crippen LogP contribution in [0.2, 0.25) is 0 Å². The number of H-pyrrole nitrogens is 1. The molecule has 1 aliphatic rings. The Balaban J connectivity index is 1.74. The molecule has 2 aromatic carbocycles. The lowest BCUT2D eigenvalue weighted by atomic mass is 10.0. The maximum atomic E-state index is 13.3. The van der Waals surface area contributed by atoms with Gasteiger partial charge in [-0.15, -0.1) is 0 Å². The van der Waals surface area contributed by atoms with E-state index in [1.54, 1.807) is 31.3 Å². The second-order valence-corrected chi connectivity index (χ2v) is 6.84. The molecule has 1 aromatic heterocycles. The molecule has 2 heterocycles. The van der Waals surface area contributed by atoms with E-state index in [1.807, 2.05) is 30.3 Å². The van der Waals surface area contributed by atoms with Crippen molar-refractivity contribution in [1.29, 1.82) is 0 Å². The SMILES string of the molecule is COc1ccc(OC)c(C2CCCN2C(=O)c2c[nH]c3ccccc3c2=O)c1. The Morgan fingerprint density at radius 3 is 2.75 bits per heavy atom.